The largest absolute Gasteiger partial charge is 0.328 e. The Labute approximate surface area is 93.7 Å². The molecule has 15 heavy (non-hydrogen) atoms. The fourth-order valence-electron chi connectivity index (χ4n) is 1.14. The van der Waals surface area contributed by atoms with Crippen molar-refractivity contribution in [1.82, 2.24) is 9.97 Å². The summed E-state index contributed by atoms with van der Waals surface area (Å²) in [5.74, 6) is 0.945. The minimum absolute atomic E-state index is 0.0993. The zero-order chi connectivity index (χ0) is 11.1. The van der Waals surface area contributed by atoms with Crippen LogP contribution in [0.5, 0.6) is 0 Å². The lowest BCUT2D eigenvalue weighted by molar-refractivity contribution is 0.589. The van der Waals surface area contributed by atoms with Crippen LogP contribution in [0.25, 0.3) is 0 Å². The monoisotopic (exact) mass is 227 g/mol. The van der Waals surface area contributed by atoms with Gasteiger partial charge in [0, 0.05) is 24.1 Å². The maximum absolute atomic E-state index is 10.9. The fraction of sp³-hybridized carbons (Fsp3) is 0.600. The second-order valence-electron chi connectivity index (χ2n) is 3.40. The number of aromatic nitrogens is 2. The smallest absolute Gasteiger partial charge is 0.251 e. The van der Waals surface area contributed by atoms with Gasteiger partial charge in [0.15, 0.2) is 5.16 Å². The molecule has 1 rings (SSSR count). The molecule has 0 aliphatic carbocycles. The highest BCUT2D eigenvalue weighted by Crippen LogP contribution is 2.13. The molecule has 0 amide bonds. The maximum Gasteiger partial charge on any atom is 0.251 e. The average molecular weight is 227 g/mol. The molecule has 1 unspecified atom stereocenters. The summed E-state index contributed by atoms with van der Waals surface area (Å²) in [6.45, 7) is 2.09. The van der Waals surface area contributed by atoms with Crippen molar-refractivity contribution < 1.29 is 0 Å². The van der Waals surface area contributed by atoms with Gasteiger partial charge in [-0.1, -0.05) is 18.7 Å². The Morgan fingerprint density at radius 2 is 2.47 bits per heavy atom. The highest BCUT2D eigenvalue weighted by atomic mass is 32.2. The SMILES string of the molecule is CCC(N)CCCSc1nccc(=O)[nH]1. The van der Waals surface area contributed by atoms with Gasteiger partial charge < -0.3 is 10.7 Å². The zero-order valence-corrected chi connectivity index (χ0v) is 9.72. The molecule has 0 spiro atoms. The third kappa shape index (κ3) is 4.99. The third-order valence-electron chi connectivity index (χ3n) is 2.13. The lowest BCUT2D eigenvalue weighted by atomic mass is 10.1. The molecule has 1 atom stereocenters. The highest BCUT2D eigenvalue weighted by molar-refractivity contribution is 7.99. The molecule has 4 nitrogen and oxygen atoms in total. The summed E-state index contributed by atoms with van der Waals surface area (Å²) in [6.07, 6.45) is 4.63. The van der Waals surface area contributed by atoms with E-state index in [4.69, 9.17) is 5.73 Å². The van der Waals surface area contributed by atoms with Gasteiger partial charge in [-0.3, -0.25) is 4.79 Å². The molecule has 5 heteroatoms. The molecule has 1 aromatic heterocycles. The van der Waals surface area contributed by atoms with E-state index in [0.29, 0.717) is 11.2 Å². The van der Waals surface area contributed by atoms with Gasteiger partial charge in [0.1, 0.15) is 0 Å². The van der Waals surface area contributed by atoms with Crippen LogP contribution in [0.1, 0.15) is 26.2 Å². The van der Waals surface area contributed by atoms with Gasteiger partial charge in [-0.2, -0.15) is 0 Å². The molecule has 0 aromatic carbocycles. The number of nitrogens with zero attached hydrogens (tertiary/aromatic N) is 1. The molecular weight excluding hydrogens is 210 g/mol. The van der Waals surface area contributed by atoms with Crippen LogP contribution in [0, 0.1) is 0 Å². The Morgan fingerprint density at radius 1 is 1.67 bits per heavy atom. The van der Waals surface area contributed by atoms with E-state index in [0.717, 1.165) is 25.0 Å². The first-order valence-electron chi connectivity index (χ1n) is 5.16. The molecular formula is C10H17N3OS. The van der Waals surface area contributed by atoms with Gasteiger partial charge in [-0.05, 0) is 19.3 Å². The molecule has 0 saturated heterocycles. The van der Waals surface area contributed by atoms with Crippen LogP contribution in [-0.4, -0.2) is 21.8 Å². The normalized spacial score (nSPS) is 12.7. The molecule has 0 fully saturated rings. The molecule has 0 aliphatic rings. The molecule has 1 heterocycles. The van der Waals surface area contributed by atoms with Crippen LogP contribution < -0.4 is 11.3 Å². The van der Waals surface area contributed by atoms with E-state index in [9.17, 15) is 4.79 Å². The predicted molar refractivity (Wildman–Crippen MR) is 63.1 cm³/mol. The highest BCUT2D eigenvalue weighted by Gasteiger charge is 2.00. The average Bonchev–Trinajstić information content (AvgIpc) is 2.24. The molecule has 0 bridgehead atoms. The van der Waals surface area contributed by atoms with Gasteiger partial charge in [-0.15, -0.1) is 0 Å². The Morgan fingerprint density at radius 3 is 3.13 bits per heavy atom. The second kappa shape index (κ2) is 6.63. The first-order valence-corrected chi connectivity index (χ1v) is 6.14. The first kappa shape index (κ1) is 12.3. The topological polar surface area (TPSA) is 71.8 Å². The summed E-state index contributed by atoms with van der Waals surface area (Å²) in [7, 11) is 0. The summed E-state index contributed by atoms with van der Waals surface area (Å²) >= 11 is 1.56. The van der Waals surface area contributed by atoms with Crippen molar-refractivity contribution in [3.8, 4) is 0 Å². The number of rotatable bonds is 6. The van der Waals surface area contributed by atoms with E-state index >= 15 is 0 Å². The van der Waals surface area contributed by atoms with Crippen LogP contribution in [-0.2, 0) is 0 Å². The summed E-state index contributed by atoms with van der Waals surface area (Å²) < 4.78 is 0. The number of thioether (sulfide) groups is 1. The number of H-pyrrole nitrogens is 1. The maximum atomic E-state index is 10.9. The van der Waals surface area contributed by atoms with Crippen LogP contribution in [0.3, 0.4) is 0 Å². The van der Waals surface area contributed by atoms with Gasteiger partial charge in [0.25, 0.3) is 5.56 Å². The van der Waals surface area contributed by atoms with E-state index in [2.05, 4.69) is 16.9 Å². The van der Waals surface area contributed by atoms with Crippen molar-refractivity contribution in [2.24, 2.45) is 5.73 Å². The summed E-state index contributed by atoms with van der Waals surface area (Å²) in [4.78, 5) is 17.7. The van der Waals surface area contributed by atoms with E-state index in [1.165, 1.54) is 12.3 Å². The molecule has 0 radical (unpaired) electrons. The first-order chi connectivity index (χ1) is 7.22. The van der Waals surface area contributed by atoms with E-state index < -0.39 is 0 Å². The molecule has 3 N–H and O–H groups in total. The van der Waals surface area contributed by atoms with Crippen LogP contribution in [0.2, 0.25) is 0 Å². The molecule has 84 valence electrons. The quantitative estimate of drug-likeness (QED) is 0.437. The predicted octanol–water partition coefficient (Wildman–Crippen LogP) is 1.38. The van der Waals surface area contributed by atoms with Crippen molar-refractivity contribution in [2.45, 2.75) is 37.4 Å². The van der Waals surface area contributed by atoms with Crippen LogP contribution in [0.15, 0.2) is 22.2 Å². The van der Waals surface area contributed by atoms with Crippen molar-refractivity contribution in [3.05, 3.63) is 22.6 Å². The molecule has 0 saturated carbocycles. The Balaban J connectivity index is 2.23. The Bertz CT molecular complexity index is 339. The zero-order valence-electron chi connectivity index (χ0n) is 8.90. The standard InChI is InChI=1S/C10H17N3OS/c1-2-8(11)4-3-7-15-10-12-6-5-9(14)13-10/h5-6,8H,2-4,7,11H2,1H3,(H,12,13,14). The van der Waals surface area contributed by atoms with Gasteiger partial charge in [0.2, 0.25) is 0 Å². The summed E-state index contributed by atoms with van der Waals surface area (Å²) in [5, 5.41) is 0.688. The number of hydrogen-bond donors (Lipinski definition) is 2. The lowest BCUT2D eigenvalue weighted by Crippen LogP contribution is -2.18. The second-order valence-corrected chi connectivity index (χ2v) is 4.48. The van der Waals surface area contributed by atoms with Gasteiger partial charge in [-0.25, -0.2) is 4.98 Å². The van der Waals surface area contributed by atoms with Gasteiger partial charge in [0.05, 0.1) is 0 Å². The van der Waals surface area contributed by atoms with E-state index in [1.807, 2.05) is 0 Å². The van der Waals surface area contributed by atoms with Crippen molar-refractivity contribution in [3.63, 3.8) is 0 Å². The third-order valence-corrected chi connectivity index (χ3v) is 3.10. The minimum Gasteiger partial charge on any atom is -0.328 e. The van der Waals surface area contributed by atoms with E-state index in [-0.39, 0.29) is 5.56 Å². The Hall–Kier alpha value is -0.810. The number of hydrogen-bond acceptors (Lipinski definition) is 4. The molecule has 0 aliphatic heterocycles. The van der Waals surface area contributed by atoms with Crippen molar-refractivity contribution >= 4 is 11.8 Å². The van der Waals surface area contributed by atoms with Crippen LogP contribution in [0.4, 0.5) is 0 Å². The van der Waals surface area contributed by atoms with E-state index in [1.54, 1.807) is 11.8 Å². The summed E-state index contributed by atoms with van der Waals surface area (Å²) in [6, 6.07) is 1.71. The number of nitrogens with two attached hydrogens (primary N) is 1. The summed E-state index contributed by atoms with van der Waals surface area (Å²) in [5.41, 5.74) is 5.69. The van der Waals surface area contributed by atoms with Crippen LogP contribution >= 0.6 is 11.8 Å². The molecule has 1 aromatic rings. The fourth-order valence-corrected chi connectivity index (χ4v) is 1.96. The lowest BCUT2D eigenvalue weighted by Gasteiger charge is -2.06. The van der Waals surface area contributed by atoms with Crippen molar-refractivity contribution in [2.75, 3.05) is 5.75 Å². The number of nitrogens with one attached hydrogen (secondary N) is 1. The Kier molecular flexibility index (Phi) is 5.42. The van der Waals surface area contributed by atoms with Gasteiger partial charge >= 0.3 is 0 Å². The number of aromatic amines is 1. The minimum atomic E-state index is -0.0993. The van der Waals surface area contributed by atoms with Crippen molar-refractivity contribution in [1.29, 1.82) is 0 Å².